The smallest absolute Gasteiger partial charge is 0.127 e. The van der Waals surface area contributed by atoms with Gasteiger partial charge in [-0.05, 0) is 29.5 Å². The summed E-state index contributed by atoms with van der Waals surface area (Å²) in [5, 5.41) is 0. The molecule has 0 aliphatic heterocycles. The zero-order valence-corrected chi connectivity index (χ0v) is 10.6. The van der Waals surface area contributed by atoms with Crippen molar-refractivity contribution >= 4 is 0 Å². The quantitative estimate of drug-likeness (QED) is 0.850. The average molecular weight is 229 g/mol. The zero-order chi connectivity index (χ0) is 12.4. The van der Waals surface area contributed by atoms with Crippen molar-refractivity contribution in [3.8, 4) is 0 Å². The van der Waals surface area contributed by atoms with Gasteiger partial charge in [-0.2, -0.15) is 0 Å². The lowest BCUT2D eigenvalue weighted by Crippen LogP contribution is -2.15. The van der Waals surface area contributed by atoms with Gasteiger partial charge in [-0.3, -0.25) is 0 Å². The Morgan fingerprint density at radius 1 is 1.29 bits per heavy atom. The van der Waals surface area contributed by atoms with Gasteiger partial charge in [0, 0.05) is 12.4 Å². The Labute approximate surface area is 102 Å². The van der Waals surface area contributed by atoms with Crippen molar-refractivity contribution in [3.05, 3.63) is 53.1 Å². The third-order valence-electron chi connectivity index (χ3n) is 3.12. The number of aromatic nitrogens is 2. The Bertz CT molecular complexity index is 486. The topological polar surface area (TPSA) is 54.7 Å². The van der Waals surface area contributed by atoms with E-state index in [1.807, 2.05) is 0 Å². The predicted octanol–water partition coefficient (Wildman–Crippen LogP) is 2.89. The van der Waals surface area contributed by atoms with E-state index < -0.39 is 0 Å². The van der Waals surface area contributed by atoms with Gasteiger partial charge in [0.15, 0.2) is 0 Å². The maximum atomic E-state index is 6.24. The number of aryl methyl sites for hydroxylation is 1. The number of hydrogen-bond donors (Lipinski definition) is 2. The van der Waals surface area contributed by atoms with Crippen LogP contribution in [0.25, 0.3) is 0 Å². The Morgan fingerprint density at radius 2 is 2.06 bits per heavy atom. The van der Waals surface area contributed by atoms with Gasteiger partial charge in [0.25, 0.3) is 0 Å². The minimum absolute atomic E-state index is 0.177. The number of benzene rings is 1. The van der Waals surface area contributed by atoms with E-state index in [1.54, 1.807) is 12.4 Å². The van der Waals surface area contributed by atoms with E-state index in [-0.39, 0.29) is 6.04 Å². The van der Waals surface area contributed by atoms with Gasteiger partial charge in [-0.1, -0.05) is 32.0 Å². The standard InChI is InChI=1S/C14H19N3/c1-9(2)11-5-4-10(3)12(8-11)13(15)14-16-6-7-17-14/h4-9,13H,15H2,1-3H3,(H,16,17). The van der Waals surface area contributed by atoms with Gasteiger partial charge >= 0.3 is 0 Å². The molecule has 0 aliphatic rings. The lowest BCUT2D eigenvalue weighted by Gasteiger charge is -2.15. The summed E-state index contributed by atoms with van der Waals surface area (Å²) in [6, 6.07) is 6.31. The van der Waals surface area contributed by atoms with Crippen LogP contribution in [0.4, 0.5) is 0 Å². The lowest BCUT2D eigenvalue weighted by atomic mass is 9.94. The highest BCUT2D eigenvalue weighted by Gasteiger charge is 2.14. The lowest BCUT2D eigenvalue weighted by molar-refractivity contribution is 0.784. The first-order chi connectivity index (χ1) is 8.09. The van der Waals surface area contributed by atoms with E-state index in [1.165, 1.54) is 11.1 Å². The SMILES string of the molecule is Cc1ccc(C(C)C)cc1C(N)c1ncc[nH]1. The minimum Gasteiger partial charge on any atom is -0.347 e. The van der Waals surface area contributed by atoms with Crippen LogP contribution in [0, 0.1) is 6.92 Å². The van der Waals surface area contributed by atoms with Gasteiger partial charge in [0.05, 0.1) is 6.04 Å². The summed E-state index contributed by atoms with van der Waals surface area (Å²) in [5.41, 5.74) is 9.90. The van der Waals surface area contributed by atoms with Crippen LogP contribution in [0.5, 0.6) is 0 Å². The second-order valence-electron chi connectivity index (χ2n) is 4.72. The first kappa shape index (κ1) is 11.9. The van der Waals surface area contributed by atoms with Crippen LogP contribution in [0.15, 0.2) is 30.6 Å². The van der Waals surface area contributed by atoms with Gasteiger partial charge < -0.3 is 10.7 Å². The Hall–Kier alpha value is -1.61. The highest BCUT2D eigenvalue weighted by Crippen LogP contribution is 2.24. The average Bonchev–Trinajstić information content (AvgIpc) is 2.81. The third-order valence-corrected chi connectivity index (χ3v) is 3.12. The summed E-state index contributed by atoms with van der Waals surface area (Å²) >= 11 is 0. The number of hydrogen-bond acceptors (Lipinski definition) is 2. The van der Waals surface area contributed by atoms with Crippen LogP contribution < -0.4 is 5.73 Å². The second kappa shape index (κ2) is 4.72. The van der Waals surface area contributed by atoms with E-state index in [4.69, 9.17) is 5.73 Å². The number of nitrogens with two attached hydrogens (primary N) is 1. The van der Waals surface area contributed by atoms with Crippen molar-refractivity contribution in [2.24, 2.45) is 5.73 Å². The summed E-state index contributed by atoms with van der Waals surface area (Å²) in [6.45, 7) is 6.46. The summed E-state index contributed by atoms with van der Waals surface area (Å²) < 4.78 is 0. The predicted molar refractivity (Wildman–Crippen MR) is 69.9 cm³/mol. The molecule has 2 rings (SSSR count). The molecular weight excluding hydrogens is 210 g/mol. The molecule has 0 saturated heterocycles. The molecule has 0 spiro atoms. The minimum atomic E-state index is -0.177. The highest BCUT2D eigenvalue weighted by molar-refractivity contribution is 5.37. The highest BCUT2D eigenvalue weighted by atomic mass is 14.9. The Kier molecular flexibility index (Phi) is 3.29. The molecule has 3 N–H and O–H groups in total. The largest absolute Gasteiger partial charge is 0.347 e. The summed E-state index contributed by atoms with van der Waals surface area (Å²) in [7, 11) is 0. The molecule has 17 heavy (non-hydrogen) atoms. The maximum absolute atomic E-state index is 6.24. The number of imidazole rings is 1. The van der Waals surface area contributed by atoms with Gasteiger partial charge in [-0.15, -0.1) is 0 Å². The number of rotatable bonds is 3. The van der Waals surface area contributed by atoms with Gasteiger partial charge in [0.2, 0.25) is 0 Å². The second-order valence-corrected chi connectivity index (χ2v) is 4.72. The fraction of sp³-hybridized carbons (Fsp3) is 0.357. The molecule has 1 aromatic heterocycles. The summed E-state index contributed by atoms with van der Waals surface area (Å²) in [5.74, 6) is 1.33. The van der Waals surface area contributed by atoms with Gasteiger partial charge in [-0.25, -0.2) is 4.98 Å². The summed E-state index contributed by atoms with van der Waals surface area (Å²) in [4.78, 5) is 7.30. The normalized spacial score (nSPS) is 13.0. The molecule has 3 heteroatoms. The molecular formula is C14H19N3. The molecule has 90 valence electrons. The molecule has 1 heterocycles. The molecule has 2 aromatic rings. The first-order valence-electron chi connectivity index (χ1n) is 5.95. The zero-order valence-electron chi connectivity index (χ0n) is 10.6. The van der Waals surface area contributed by atoms with Crippen LogP contribution in [0.1, 0.15) is 48.3 Å². The molecule has 3 nitrogen and oxygen atoms in total. The first-order valence-corrected chi connectivity index (χ1v) is 5.95. The van der Waals surface area contributed by atoms with Crippen LogP contribution in [-0.4, -0.2) is 9.97 Å². The molecule has 0 radical (unpaired) electrons. The fourth-order valence-electron chi connectivity index (χ4n) is 1.95. The Morgan fingerprint density at radius 3 is 2.65 bits per heavy atom. The van der Waals surface area contributed by atoms with Crippen LogP contribution in [0.3, 0.4) is 0 Å². The molecule has 1 aromatic carbocycles. The van der Waals surface area contributed by atoms with E-state index in [0.717, 1.165) is 11.4 Å². The Balaban J connectivity index is 2.40. The molecule has 0 fully saturated rings. The van der Waals surface area contributed by atoms with Crippen molar-refractivity contribution in [1.29, 1.82) is 0 Å². The molecule has 0 bridgehead atoms. The van der Waals surface area contributed by atoms with E-state index in [2.05, 4.69) is 48.9 Å². The van der Waals surface area contributed by atoms with Gasteiger partial charge in [0.1, 0.15) is 5.82 Å². The molecule has 1 atom stereocenters. The van der Waals surface area contributed by atoms with E-state index >= 15 is 0 Å². The summed E-state index contributed by atoms with van der Waals surface area (Å²) in [6.07, 6.45) is 3.54. The molecule has 0 aliphatic carbocycles. The monoisotopic (exact) mass is 229 g/mol. The number of aromatic amines is 1. The third kappa shape index (κ3) is 2.39. The molecule has 1 unspecified atom stereocenters. The maximum Gasteiger partial charge on any atom is 0.127 e. The van der Waals surface area contributed by atoms with Crippen molar-refractivity contribution < 1.29 is 0 Å². The van der Waals surface area contributed by atoms with Crippen LogP contribution in [-0.2, 0) is 0 Å². The van der Waals surface area contributed by atoms with Crippen molar-refractivity contribution in [1.82, 2.24) is 9.97 Å². The number of H-pyrrole nitrogens is 1. The molecule has 0 saturated carbocycles. The van der Waals surface area contributed by atoms with E-state index in [0.29, 0.717) is 5.92 Å². The van der Waals surface area contributed by atoms with Crippen molar-refractivity contribution in [3.63, 3.8) is 0 Å². The van der Waals surface area contributed by atoms with Crippen molar-refractivity contribution in [2.75, 3.05) is 0 Å². The van der Waals surface area contributed by atoms with Crippen molar-refractivity contribution in [2.45, 2.75) is 32.7 Å². The molecule has 0 amide bonds. The number of nitrogens with one attached hydrogen (secondary N) is 1. The fourth-order valence-corrected chi connectivity index (χ4v) is 1.95. The number of nitrogens with zero attached hydrogens (tertiary/aromatic N) is 1. The van der Waals surface area contributed by atoms with Crippen LogP contribution >= 0.6 is 0 Å². The van der Waals surface area contributed by atoms with E-state index in [9.17, 15) is 0 Å². The van der Waals surface area contributed by atoms with Crippen LogP contribution in [0.2, 0.25) is 0 Å².